The van der Waals surface area contributed by atoms with Gasteiger partial charge in [-0.25, -0.2) is 0 Å². The predicted octanol–water partition coefficient (Wildman–Crippen LogP) is 3.29. The van der Waals surface area contributed by atoms with Gasteiger partial charge in [0.1, 0.15) is 0 Å². The van der Waals surface area contributed by atoms with Gasteiger partial charge >= 0.3 is 0 Å². The first kappa shape index (κ1) is 17.4. The van der Waals surface area contributed by atoms with E-state index in [9.17, 15) is 4.79 Å². The minimum absolute atomic E-state index is 0.0173. The van der Waals surface area contributed by atoms with Gasteiger partial charge in [-0.15, -0.1) is 0 Å². The summed E-state index contributed by atoms with van der Waals surface area (Å²) in [5.74, 6) is 2.31. The first-order valence-corrected chi connectivity index (χ1v) is 9.19. The van der Waals surface area contributed by atoms with Gasteiger partial charge in [0.25, 0.3) is 0 Å². The number of benzene rings is 1. The number of nitrogens with one attached hydrogen (secondary N) is 2. The van der Waals surface area contributed by atoms with Crippen LogP contribution in [0.1, 0.15) is 44.4 Å². The third-order valence-corrected chi connectivity index (χ3v) is 5.23. The maximum Gasteiger partial charge on any atom is 0.222 e. The highest BCUT2D eigenvalue weighted by atomic mass is 32.2. The molecule has 2 atom stereocenters. The van der Waals surface area contributed by atoms with Gasteiger partial charge in [0.15, 0.2) is 0 Å². The summed E-state index contributed by atoms with van der Waals surface area (Å²) in [7, 11) is 0. The Morgan fingerprint density at radius 3 is 2.73 bits per heavy atom. The number of hydrogen-bond donors (Lipinski definition) is 2. The fourth-order valence-electron chi connectivity index (χ4n) is 2.87. The van der Waals surface area contributed by atoms with Crippen LogP contribution < -0.4 is 10.6 Å². The van der Waals surface area contributed by atoms with Crippen LogP contribution in [0.15, 0.2) is 24.3 Å². The van der Waals surface area contributed by atoms with Crippen LogP contribution in [0.5, 0.6) is 0 Å². The minimum atomic E-state index is -0.0173. The van der Waals surface area contributed by atoms with Crippen molar-refractivity contribution in [1.29, 1.82) is 0 Å². The van der Waals surface area contributed by atoms with Crippen molar-refractivity contribution in [2.24, 2.45) is 5.41 Å². The molecule has 0 spiro atoms. The zero-order valence-corrected chi connectivity index (χ0v) is 14.9. The molecule has 22 heavy (non-hydrogen) atoms. The molecule has 2 N–H and O–H groups in total. The molecule has 2 unspecified atom stereocenters. The van der Waals surface area contributed by atoms with E-state index in [0.29, 0.717) is 12.5 Å². The van der Waals surface area contributed by atoms with E-state index in [-0.39, 0.29) is 17.4 Å². The average Bonchev–Trinajstić information content (AvgIpc) is 2.46. The highest BCUT2D eigenvalue weighted by molar-refractivity contribution is 7.99. The molecule has 1 aliphatic heterocycles. The van der Waals surface area contributed by atoms with Gasteiger partial charge in [0, 0.05) is 30.5 Å². The van der Waals surface area contributed by atoms with E-state index in [1.807, 2.05) is 23.9 Å². The van der Waals surface area contributed by atoms with Crippen LogP contribution in [0.25, 0.3) is 0 Å². The van der Waals surface area contributed by atoms with Gasteiger partial charge in [-0.05, 0) is 23.5 Å². The lowest BCUT2D eigenvalue weighted by atomic mass is 9.80. The van der Waals surface area contributed by atoms with Crippen LogP contribution >= 0.6 is 11.8 Å². The Kier molecular flexibility index (Phi) is 5.93. The molecule has 1 aromatic rings. The molecule has 3 nitrogen and oxygen atoms in total. The Balaban J connectivity index is 2.07. The Morgan fingerprint density at radius 1 is 1.41 bits per heavy atom. The number of carbonyl (C=O) groups is 1. The van der Waals surface area contributed by atoms with Gasteiger partial charge in [0.2, 0.25) is 5.91 Å². The van der Waals surface area contributed by atoms with E-state index in [1.54, 1.807) is 0 Å². The molecule has 4 heteroatoms. The maximum absolute atomic E-state index is 12.5. The number of thioether (sulfide) groups is 1. The summed E-state index contributed by atoms with van der Waals surface area (Å²) in [5.41, 5.74) is 2.43. The topological polar surface area (TPSA) is 41.1 Å². The van der Waals surface area contributed by atoms with E-state index >= 15 is 0 Å². The fraction of sp³-hybridized carbons (Fsp3) is 0.611. The highest BCUT2D eigenvalue weighted by Crippen LogP contribution is 2.34. The van der Waals surface area contributed by atoms with Crippen molar-refractivity contribution in [2.45, 2.75) is 46.2 Å². The Hall–Kier alpha value is -1.000. The van der Waals surface area contributed by atoms with Crippen LogP contribution in [0, 0.1) is 12.3 Å². The molecule has 1 aliphatic rings. The third kappa shape index (κ3) is 4.75. The van der Waals surface area contributed by atoms with Crippen LogP contribution in [0.2, 0.25) is 0 Å². The molecule has 0 bridgehead atoms. The lowest BCUT2D eigenvalue weighted by Gasteiger charge is -2.33. The van der Waals surface area contributed by atoms with Gasteiger partial charge in [-0.1, -0.05) is 45.0 Å². The van der Waals surface area contributed by atoms with Crippen LogP contribution in [0.3, 0.4) is 0 Å². The second-order valence-electron chi connectivity index (χ2n) is 7.15. The van der Waals surface area contributed by atoms with Gasteiger partial charge in [0.05, 0.1) is 6.04 Å². The number of hydrogen-bond acceptors (Lipinski definition) is 3. The highest BCUT2D eigenvalue weighted by Gasteiger charge is 2.29. The molecule has 1 heterocycles. The van der Waals surface area contributed by atoms with Crippen molar-refractivity contribution in [1.82, 2.24) is 10.6 Å². The zero-order valence-electron chi connectivity index (χ0n) is 14.1. The van der Waals surface area contributed by atoms with Crippen molar-refractivity contribution in [2.75, 3.05) is 18.1 Å². The largest absolute Gasteiger partial charge is 0.349 e. The van der Waals surface area contributed by atoms with Crippen molar-refractivity contribution >= 4 is 17.7 Å². The van der Waals surface area contributed by atoms with Crippen molar-refractivity contribution < 1.29 is 4.79 Å². The molecule has 1 saturated heterocycles. The molecule has 2 rings (SSSR count). The van der Waals surface area contributed by atoms with E-state index < -0.39 is 0 Å². The van der Waals surface area contributed by atoms with Crippen molar-refractivity contribution in [3.63, 3.8) is 0 Å². The van der Waals surface area contributed by atoms with Crippen LogP contribution in [-0.4, -0.2) is 30.0 Å². The third-order valence-electron chi connectivity index (χ3n) is 4.10. The molecule has 0 radical (unpaired) electrons. The van der Waals surface area contributed by atoms with Crippen molar-refractivity contribution in [3.05, 3.63) is 35.4 Å². The summed E-state index contributed by atoms with van der Waals surface area (Å²) in [6, 6.07) is 8.67. The van der Waals surface area contributed by atoms with Gasteiger partial charge in [-0.2, -0.15) is 11.8 Å². The van der Waals surface area contributed by atoms with E-state index in [2.05, 4.69) is 50.5 Å². The standard InChI is InChI=1S/C18H28N2OS/c1-13-7-5-6-8-15(13)17(18(2,3)4)20-16(21)11-14-12-22-10-9-19-14/h5-8,14,17,19H,9-12H2,1-4H3,(H,20,21). The van der Waals surface area contributed by atoms with Crippen LogP contribution in [-0.2, 0) is 4.79 Å². The summed E-state index contributed by atoms with van der Waals surface area (Å²) in [6.45, 7) is 9.65. The molecule has 0 aromatic heterocycles. The summed E-state index contributed by atoms with van der Waals surface area (Å²) in [4.78, 5) is 12.5. The lowest BCUT2D eigenvalue weighted by Crippen LogP contribution is -2.43. The van der Waals surface area contributed by atoms with E-state index in [0.717, 1.165) is 18.1 Å². The van der Waals surface area contributed by atoms with E-state index in [4.69, 9.17) is 0 Å². The molecule has 122 valence electrons. The molecule has 0 saturated carbocycles. The first-order chi connectivity index (χ1) is 10.4. The van der Waals surface area contributed by atoms with Crippen molar-refractivity contribution in [3.8, 4) is 0 Å². The second-order valence-corrected chi connectivity index (χ2v) is 8.30. The summed E-state index contributed by atoms with van der Waals surface area (Å²) in [6.07, 6.45) is 0.561. The smallest absolute Gasteiger partial charge is 0.222 e. The Labute approximate surface area is 138 Å². The first-order valence-electron chi connectivity index (χ1n) is 8.04. The number of carbonyl (C=O) groups excluding carboxylic acids is 1. The van der Waals surface area contributed by atoms with E-state index in [1.165, 1.54) is 11.1 Å². The molecule has 1 fully saturated rings. The molecular formula is C18H28N2OS. The quantitative estimate of drug-likeness (QED) is 0.894. The SMILES string of the molecule is Cc1ccccc1C(NC(=O)CC1CSCCN1)C(C)(C)C. The molecule has 1 aromatic carbocycles. The number of rotatable bonds is 4. The summed E-state index contributed by atoms with van der Waals surface area (Å²) >= 11 is 1.93. The molecular weight excluding hydrogens is 292 g/mol. The minimum Gasteiger partial charge on any atom is -0.349 e. The molecule has 0 aliphatic carbocycles. The Bertz CT molecular complexity index is 504. The Morgan fingerprint density at radius 2 is 2.14 bits per heavy atom. The summed E-state index contributed by atoms with van der Waals surface area (Å²) < 4.78 is 0. The number of aryl methyl sites for hydroxylation is 1. The van der Waals surface area contributed by atoms with Gasteiger partial charge in [-0.3, -0.25) is 4.79 Å². The van der Waals surface area contributed by atoms with Crippen LogP contribution in [0.4, 0.5) is 0 Å². The predicted molar refractivity (Wildman–Crippen MR) is 95.3 cm³/mol. The summed E-state index contributed by atoms with van der Waals surface area (Å²) in [5, 5.41) is 6.70. The normalized spacial score (nSPS) is 20.5. The monoisotopic (exact) mass is 320 g/mol. The molecule has 1 amide bonds. The maximum atomic E-state index is 12.5. The average molecular weight is 321 g/mol. The lowest BCUT2D eigenvalue weighted by molar-refractivity contribution is -0.123. The number of amides is 1. The van der Waals surface area contributed by atoms with Gasteiger partial charge < -0.3 is 10.6 Å². The fourth-order valence-corrected chi connectivity index (χ4v) is 3.82. The second kappa shape index (κ2) is 7.51. The zero-order chi connectivity index (χ0) is 16.2.